The number of rotatable bonds is 6. The molecule has 34 heavy (non-hydrogen) atoms. The lowest BCUT2D eigenvalue weighted by atomic mass is 10.1. The molecule has 0 aliphatic carbocycles. The molecule has 9 heteroatoms. The summed E-state index contributed by atoms with van der Waals surface area (Å²) in [5, 5.41) is 5.26. The molecule has 0 saturated carbocycles. The van der Waals surface area contributed by atoms with E-state index in [-0.39, 0.29) is 6.61 Å². The van der Waals surface area contributed by atoms with Crippen LogP contribution in [0.2, 0.25) is 0 Å². The van der Waals surface area contributed by atoms with Crippen molar-refractivity contribution < 1.29 is 13.9 Å². The highest BCUT2D eigenvalue weighted by Gasteiger charge is 2.24. The number of furan rings is 1. The van der Waals surface area contributed by atoms with Gasteiger partial charge in [-0.2, -0.15) is 0 Å². The second-order valence-corrected chi connectivity index (χ2v) is 7.42. The number of methoxy groups -OCH3 is 1. The highest BCUT2D eigenvalue weighted by Crippen LogP contribution is 2.40. The van der Waals surface area contributed by atoms with E-state index in [0.29, 0.717) is 39.8 Å². The van der Waals surface area contributed by atoms with Crippen LogP contribution in [-0.2, 0) is 6.61 Å². The molecule has 6 rings (SSSR count). The molecule has 166 valence electrons. The van der Waals surface area contributed by atoms with Crippen LogP contribution in [0, 0.1) is 0 Å². The first-order chi connectivity index (χ1) is 16.8. The molecule has 0 atom stereocenters. The maximum absolute atomic E-state index is 6.17. The molecule has 0 unspecified atom stereocenters. The predicted octanol–water partition coefficient (Wildman–Crippen LogP) is 4.58. The molecule has 1 aromatic carbocycles. The Balaban J connectivity index is 1.46. The minimum absolute atomic E-state index is 0.194. The highest BCUT2D eigenvalue weighted by molar-refractivity contribution is 6.06. The Kier molecular flexibility index (Phi) is 4.84. The first-order valence-corrected chi connectivity index (χ1v) is 10.6. The van der Waals surface area contributed by atoms with E-state index in [2.05, 4.69) is 20.1 Å². The van der Waals surface area contributed by atoms with Crippen molar-refractivity contribution >= 4 is 16.7 Å². The van der Waals surface area contributed by atoms with E-state index in [1.54, 1.807) is 30.3 Å². The average molecular weight is 450 g/mol. The fraction of sp³-hybridized carbons (Fsp3) is 0.0800. The van der Waals surface area contributed by atoms with E-state index in [1.165, 1.54) is 0 Å². The molecule has 0 aliphatic heterocycles. The van der Waals surface area contributed by atoms with Crippen LogP contribution in [0.4, 0.5) is 0 Å². The van der Waals surface area contributed by atoms with Crippen LogP contribution in [0.3, 0.4) is 0 Å². The van der Waals surface area contributed by atoms with Crippen LogP contribution in [0.15, 0.2) is 83.8 Å². The minimum Gasteiger partial charge on any atom is -0.497 e. The van der Waals surface area contributed by atoms with E-state index < -0.39 is 0 Å². The lowest BCUT2D eigenvalue weighted by molar-refractivity contribution is 0.295. The lowest BCUT2D eigenvalue weighted by Crippen LogP contribution is -1.98. The van der Waals surface area contributed by atoms with Gasteiger partial charge >= 0.3 is 0 Å². The van der Waals surface area contributed by atoms with Gasteiger partial charge in [-0.05, 0) is 48.5 Å². The zero-order chi connectivity index (χ0) is 22.9. The van der Waals surface area contributed by atoms with E-state index in [1.807, 2.05) is 60.7 Å². The third-order valence-corrected chi connectivity index (χ3v) is 5.32. The maximum Gasteiger partial charge on any atom is 0.232 e. The van der Waals surface area contributed by atoms with Crippen molar-refractivity contribution in [3.05, 3.63) is 85.2 Å². The van der Waals surface area contributed by atoms with Crippen LogP contribution in [0.5, 0.6) is 11.5 Å². The summed E-state index contributed by atoms with van der Waals surface area (Å²) in [6.07, 6.45) is 5.04. The van der Waals surface area contributed by atoms with Gasteiger partial charge in [0.15, 0.2) is 17.2 Å². The Morgan fingerprint density at radius 1 is 0.853 bits per heavy atom. The maximum atomic E-state index is 6.17. The van der Waals surface area contributed by atoms with Crippen molar-refractivity contribution in [3.63, 3.8) is 0 Å². The third-order valence-electron chi connectivity index (χ3n) is 5.32. The molecule has 0 fully saturated rings. The van der Waals surface area contributed by atoms with Gasteiger partial charge in [0.05, 0.1) is 23.8 Å². The summed E-state index contributed by atoms with van der Waals surface area (Å²) in [6, 6.07) is 18.7. The summed E-state index contributed by atoms with van der Waals surface area (Å²) in [5.74, 6) is 2.54. The quantitative estimate of drug-likeness (QED) is 0.363. The second kappa shape index (κ2) is 8.28. The lowest BCUT2D eigenvalue weighted by Gasteiger charge is -2.04. The Bertz CT molecular complexity index is 1580. The second-order valence-electron chi connectivity index (χ2n) is 7.42. The predicted molar refractivity (Wildman–Crippen MR) is 124 cm³/mol. The van der Waals surface area contributed by atoms with Gasteiger partial charge in [0.25, 0.3) is 0 Å². The molecule has 9 nitrogen and oxygen atoms in total. The van der Waals surface area contributed by atoms with E-state index >= 15 is 0 Å². The van der Waals surface area contributed by atoms with Gasteiger partial charge in [0, 0.05) is 12.4 Å². The van der Waals surface area contributed by atoms with Crippen LogP contribution in [0.25, 0.3) is 39.5 Å². The molecule has 0 saturated heterocycles. The van der Waals surface area contributed by atoms with Gasteiger partial charge < -0.3 is 13.9 Å². The molecule has 0 bridgehead atoms. The summed E-state index contributed by atoms with van der Waals surface area (Å²) in [6.45, 7) is 0.194. The fourth-order valence-electron chi connectivity index (χ4n) is 3.76. The molecule has 5 aromatic heterocycles. The smallest absolute Gasteiger partial charge is 0.232 e. The highest BCUT2D eigenvalue weighted by atomic mass is 16.5. The van der Waals surface area contributed by atoms with Crippen molar-refractivity contribution in [2.24, 2.45) is 0 Å². The number of hydrogen-bond acceptors (Lipinski definition) is 8. The number of aromatic nitrogens is 6. The van der Waals surface area contributed by atoms with Crippen LogP contribution >= 0.6 is 0 Å². The van der Waals surface area contributed by atoms with E-state index in [4.69, 9.17) is 18.9 Å². The Labute approximate surface area is 193 Å². The zero-order valence-corrected chi connectivity index (χ0v) is 18.1. The summed E-state index contributed by atoms with van der Waals surface area (Å²) in [7, 11) is 1.62. The number of nitrogens with zero attached hydrogens (tertiary/aromatic N) is 6. The molecular formula is C25H18N6O3. The Morgan fingerprint density at radius 3 is 2.29 bits per heavy atom. The van der Waals surface area contributed by atoms with Gasteiger partial charge in [0.1, 0.15) is 30.1 Å². The number of pyridine rings is 2. The Hall–Kier alpha value is -4.79. The summed E-state index contributed by atoms with van der Waals surface area (Å²) in [4.78, 5) is 18.2. The first-order valence-electron chi connectivity index (χ1n) is 10.6. The van der Waals surface area contributed by atoms with Crippen molar-refractivity contribution in [1.29, 1.82) is 0 Å². The summed E-state index contributed by atoms with van der Waals surface area (Å²) >= 11 is 0. The minimum atomic E-state index is 0.194. The molecule has 0 spiro atoms. The fourth-order valence-corrected chi connectivity index (χ4v) is 3.76. The van der Waals surface area contributed by atoms with Crippen molar-refractivity contribution in [2.75, 3.05) is 7.11 Å². The standard InChI is InChI=1S/C25H18N6O3/c1-32-16-8-10-17(11-9-16)33-14-20-29-24-22-21(18-6-2-4-12-26-18)23(19-7-3-5-13-27-19)34-25(22)28-15-31(24)30-20/h2-13,15H,14H2,1H3. The SMILES string of the molecule is COc1ccc(OCc2nc3c4c(-c5ccccn5)c(-c5ccccn5)oc4ncn3n2)cc1. The molecular weight excluding hydrogens is 432 g/mol. The summed E-state index contributed by atoms with van der Waals surface area (Å²) < 4.78 is 18.8. The average Bonchev–Trinajstić information content (AvgIpc) is 3.50. The normalized spacial score (nSPS) is 11.2. The van der Waals surface area contributed by atoms with Crippen molar-refractivity contribution in [3.8, 4) is 34.2 Å². The third kappa shape index (κ3) is 3.49. The van der Waals surface area contributed by atoms with Gasteiger partial charge in [-0.25, -0.2) is 14.5 Å². The van der Waals surface area contributed by atoms with Gasteiger partial charge in [-0.3, -0.25) is 9.97 Å². The monoisotopic (exact) mass is 450 g/mol. The number of ether oxygens (including phenoxy) is 2. The molecule has 0 amide bonds. The van der Waals surface area contributed by atoms with E-state index in [9.17, 15) is 0 Å². The molecule has 0 aliphatic rings. The van der Waals surface area contributed by atoms with Gasteiger partial charge in [-0.1, -0.05) is 12.1 Å². The molecule has 5 heterocycles. The molecule has 6 aromatic rings. The zero-order valence-electron chi connectivity index (χ0n) is 18.1. The van der Waals surface area contributed by atoms with E-state index in [0.717, 1.165) is 17.0 Å². The topological polar surface area (TPSA) is 100 Å². The van der Waals surface area contributed by atoms with Crippen LogP contribution < -0.4 is 9.47 Å². The molecule has 0 N–H and O–H groups in total. The van der Waals surface area contributed by atoms with Gasteiger partial charge in [0.2, 0.25) is 5.71 Å². The van der Waals surface area contributed by atoms with Crippen molar-refractivity contribution in [1.82, 2.24) is 29.5 Å². The van der Waals surface area contributed by atoms with Crippen molar-refractivity contribution in [2.45, 2.75) is 6.61 Å². The number of fused-ring (bicyclic) bond motifs is 3. The van der Waals surface area contributed by atoms with Gasteiger partial charge in [-0.15, -0.1) is 5.10 Å². The molecule has 0 radical (unpaired) electrons. The van der Waals surface area contributed by atoms with Crippen LogP contribution in [0.1, 0.15) is 5.82 Å². The first kappa shape index (κ1) is 19.9. The number of benzene rings is 1. The van der Waals surface area contributed by atoms with Crippen LogP contribution in [-0.4, -0.2) is 36.7 Å². The summed E-state index contributed by atoms with van der Waals surface area (Å²) in [5.41, 5.74) is 3.22. The Morgan fingerprint density at radius 2 is 1.59 bits per heavy atom. The number of hydrogen-bond donors (Lipinski definition) is 0. The largest absolute Gasteiger partial charge is 0.497 e.